The summed E-state index contributed by atoms with van der Waals surface area (Å²) in [5.74, 6) is -0.704. The number of hydrogen-bond acceptors (Lipinski definition) is 2. The zero-order valence-electron chi connectivity index (χ0n) is 7.91. The Morgan fingerprint density at radius 1 is 1.54 bits per heavy atom. The van der Waals surface area contributed by atoms with Crippen molar-refractivity contribution in [2.45, 2.75) is 31.7 Å². The van der Waals surface area contributed by atoms with Gasteiger partial charge in [-0.05, 0) is 19.3 Å². The third-order valence-corrected chi connectivity index (χ3v) is 2.30. The fraction of sp³-hybridized carbons (Fsp3) is 0.700. The standard InChI is InChI=1S/C10H17NO2/c1-2-3-7-11(9-4-5-9)8-6-10(12)13/h2,9H,1,3-8H2,(H,12,13). The van der Waals surface area contributed by atoms with Crippen molar-refractivity contribution in [2.24, 2.45) is 0 Å². The summed E-state index contributed by atoms with van der Waals surface area (Å²) in [6, 6.07) is 0.652. The second kappa shape index (κ2) is 5.02. The summed E-state index contributed by atoms with van der Waals surface area (Å²) >= 11 is 0. The van der Waals surface area contributed by atoms with Crippen LogP contribution in [0, 0.1) is 0 Å². The molecule has 0 aromatic carbocycles. The maximum atomic E-state index is 10.4. The molecule has 0 heterocycles. The molecule has 0 saturated heterocycles. The molecule has 1 fully saturated rings. The van der Waals surface area contributed by atoms with E-state index >= 15 is 0 Å². The number of hydrogen-bond donors (Lipinski definition) is 1. The minimum Gasteiger partial charge on any atom is -0.481 e. The second-order valence-electron chi connectivity index (χ2n) is 3.49. The molecule has 13 heavy (non-hydrogen) atoms. The lowest BCUT2D eigenvalue weighted by Gasteiger charge is -2.19. The molecule has 3 nitrogen and oxygen atoms in total. The van der Waals surface area contributed by atoms with Crippen LogP contribution in [0.1, 0.15) is 25.7 Å². The molecule has 0 spiro atoms. The molecule has 0 unspecified atom stereocenters. The minimum atomic E-state index is -0.704. The lowest BCUT2D eigenvalue weighted by atomic mass is 10.3. The molecule has 0 radical (unpaired) electrons. The molecule has 74 valence electrons. The Labute approximate surface area is 79.0 Å². The maximum absolute atomic E-state index is 10.4. The number of carbonyl (C=O) groups is 1. The molecule has 0 aromatic rings. The van der Waals surface area contributed by atoms with Gasteiger partial charge in [-0.1, -0.05) is 6.08 Å². The lowest BCUT2D eigenvalue weighted by Crippen LogP contribution is -2.29. The van der Waals surface area contributed by atoms with Crippen LogP contribution in [0.5, 0.6) is 0 Å². The Bertz CT molecular complexity index is 187. The van der Waals surface area contributed by atoms with Gasteiger partial charge < -0.3 is 5.11 Å². The summed E-state index contributed by atoms with van der Waals surface area (Å²) in [7, 11) is 0. The summed E-state index contributed by atoms with van der Waals surface area (Å²) in [4.78, 5) is 12.6. The molecule has 1 saturated carbocycles. The Morgan fingerprint density at radius 2 is 2.23 bits per heavy atom. The van der Waals surface area contributed by atoms with E-state index in [0.29, 0.717) is 12.6 Å². The van der Waals surface area contributed by atoms with E-state index in [2.05, 4.69) is 11.5 Å². The molecule has 1 N–H and O–H groups in total. The van der Waals surface area contributed by atoms with Crippen LogP contribution < -0.4 is 0 Å². The maximum Gasteiger partial charge on any atom is 0.304 e. The lowest BCUT2D eigenvalue weighted by molar-refractivity contribution is -0.137. The van der Waals surface area contributed by atoms with Crippen LogP contribution in [0.4, 0.5) is 0 Å². The van der Waals surface area contributed by atoms with E-state index in [1.165, 1.54) is 12.8 Å². The Hall–Kier alpha value is -0.830. The van der Waals surface area contributed by atoms with Crippen LogP contribution in [-0.2, 0) is 4.79 Å². The van der Waals surface area contributed by atoms with Crippen LogP contribution in [-0.4, -0.2) is 35.1 Å². The highest BCUT2D eigenvalue weighted by molar-refractivity contribution is 5.66. The van der Waals surface area contributed by atoms with E-state index in [4.69, 9.17) is 5.11 Å². The van der Waals surface area contributed by atoms with E-state index in [1.807, 2.05) is 6.08 Å². The average molecular weight is 183 g/mol. The first-order valence-electron chi connectivity index (χ1n) is 4.80. The van der Waals surface area contributed by atoms with Gasteiger partial charge in [0.2, 0.25) is 0 Å². The summed E-state index contributed by atoms with van der Waals surface area (Å²) < 4.78 is 0. The van der Waals surface area contributed by atoms with Crippen molar-refractivity contribution >= 4 is 5.97 Å². The Balaban J connectivity index is 2.20. The SMILES string of the molecule is C=CCCN(CCC(=O)O)C1CC1. The fourth-order valence-electron chi connectivity index (χ4n) is 1.41. The van der Waals surface area contributed by atoms with Crippen molar-refractivity contribution in [1.29, 1.82) is 0 Å². The average Bonchev–Trinajstić information content (AvgIpc) is 2.87. The highest BCUT2D eigenvalue weighted by atomic mass is 16.4. The number of aliphatic carboxylic acids is 1. The summed E-state index contributed by atoms with van der Waals surface area (Å²) in [5, 5.41) is 8.54. The van der Waals surface area contributed by atoms with E-state index in [0.717, 1.165) is 13.0 Å². The van der Waals surface area contributed by atoms with Crippen LogP contribution in [0.2, 0.25) is 0 Å². The number of rotatable bonds is 7. The van der Waals surface area contributed by atoms with Crippen molar-refractivity contribution in [3.8, 4) is 0 Å². The zero-order valence-corrected chi connectivity index (χ0v) is 7.91. The van der Waals surface area contributed by atoms with Crippen molar-refractivity contribution in [3.63, 3.8) is 0 Å². The first-order valence-corrected chi connectivity index (χ1v) is 4.80. The zero-order chi connectivity index (χ0) is 9.68. The molecular weight excluding hydrogens is 166 g/mol. The van der Waals surface area contributed by atoms with E-state index < -0.39 is 5.97 Å². The van der Waals surface area contributed by atoms with Gasteiger partial charge in [0, 0.05) is 19.1 Å². The first kappa shape index (κ1) is 10.3. The first-order chi connectivity index (χ1) is 6.24. The third-order valence-electron chi connectivity index (χ3n) is 2.30. The Kier molecular flexibility index (Phi) is 3.96. The highest BCUT2D eigenvalue weighted by Gasteiger charge is 2.28. The van der Waals surface area contributed by atoms with E-state index in [1.54, 1.807) is 0 Å². The van der Waals surface area contributed by atoms with Gasteiger partial charge in [0.05, 0.1) is 6.42 Å². The monoisotopic (exact) mass is 183 g/mol. The van der Waals surface area contributed by atoms with E-state index in [-0.39, 0.29) is 6.42 Å². The van der Waals surface area contributed by atoms with Gasteiger partial charge in [0.15, 0.2) is 0 Å². The molecule has 0 bridgehead atoms. The van der Waals surface area contributed by atoms with Crippen LogP contribution in [0.25, 0.3) is 0 Å². The molecule has 0 amide bonds. The number of nitrogens with zero attached hydrogens (tertiary/aromatic N) is 1. The van der Waals surface area contributed by atoms with Crippen molar-refractivity contribution in [3.05, 3.63) is 12.7 Å². The molecule has 1 rings (SSSR count). The largest absolute Gasteiger partial charge is 0.481 e. The summed E-state index contributed by atoms with van der Waals surface area (Å²) in [6.45, 7) is 5.31. The molecule has 3 heteroatoms. The number of carboxylic acids is 1. The predicted octanol–water partition coefficient (Wildman–Crippen LogP) is 1.50. The molecule has 0 aromatic heterocycles. The molecule has 0 aliphatic heterocycles. The second-order valence-corrected chi connectivity index (χ2v) is 3.49. The normalized spacial score (nSPS) is 16.1. The molecule has 0 atom stereocenters. The van der Waals surface area contributed by atoms with Gasteiger partial charge >= 0.3 is 5.97 Å². The fourth-order valence-corrected chi connectivity index (χ4v) is 1.41. The highest BCUT2D eigenvalue weighted by Crippen LogP contribution is 2.26. The smallest absolute Gasteiger partial charge is 0.304 e. The van der Waals surface area contributed by atoms with E-state index in [9.17, 15) is 4.79 Å². The van der Waals surface area contributed by atoms with Crippen molar-refractivity contribution in [1.82, 2.24) is 4.90 Å². The van der Waals surface area contributed by atoms with Crippen molar-refractivity contribution in [2.75, 3.05) is 13.1 Å². The Morgan fingerprint density at radius 3 is 2.69 bits per heavy atom. The quantitative estimate of drug-likeness (QED) is 0.608. The minimum absolute atomic E-state index is 0.258. The van der Waals surface area contributed by atoms with Crippen LogP contribution in [0.15, 0.2) is 12.7 Å². The topological polar surface area (TPSA) is 40.5 Å². The van der Waals surface area contributed by atoms with Crippen LogP contribution >= 0.6 is 0 Å². The summed E-state index contributed by atoms with van der Waals surface area (Å²) in [5.41, 5.74) is 0. The summed E-state index contributed by atoms with van der Waals surface area (Å²) in [6.07, 6.45) is 5.56. The van der Waals surface area contributed by atoms with Crippen LogP contribution in [0.3, 0.4) is 0 Å². The van der Waals surface area contributed by atoms with Gasteiger partial charge in [0.1, 0.15) is 0 Å². The molecule has 1 aliphatic carbocycles. The molecular formula is C10H17NO2. The molecule has 1 aliphatic rings. The third kappa shape index (κ3) is 4.08. The van der Waals surface area contributed by atoms with Crippen molar-refractivity contribution < 1.29 is 9.90 Å². The van der Waals surface area contributed by atoms with Gasteiger partial charge in [-0.25, -0.2) is 0 Å². The number of carboxylic acid groups (broad SMARTS) is 1. The predicted molar refractivity (Wildman–Crippen MR) is 51.7 cm³/mol. The van der Waals surface area contributed by atoms with Gasteiger partial charge in [-0.3, -0.25) is 9.69 Å². The van der Waals surface area contributed by atoms with Gasteiger partial charge in [-0.15, -0.1) is 6.58 Å². The van der Waals surface area contributed by atoms with Gasteiger partial charge in [-0.2, -0.15) is 0 Å². The van der Waals surface area contributed by atoms with Gasteiger partial charge in [0.25, 0.3) is 0 Å².